The van der Waals surface area contributed by atoms with Gasteiger partial charge in [0.15, 0.2) is 0 Å². The molecule has 0 aliphatic carbocycles. The highest BCUT2D eigenvalue weighted by Crippen LogP contribution is 2.19. The van der Waals surface area contributed by atoms with E-state index in [4.69, 9.17) is 9.47 Å². The molecule has 0 saturated carbocycles. The monoisotopic (exact) mass is 276 g/mol. The Labute approximate surface area is 118 Å². The first-order valence-electron chi connectivity index (χ1n) is 7.12. The van der Waals surface area contributed by atoms with Gasteiger partial charge in [-0.25, -0.2) is 4.79 Å². The van der Waals surface area contributed by atoms with Crippen molar-refractivity contribution in [3.63, 3.8) is 0 Å². The molecule has 5 heteroatoms. The second kappa shape index (κ2) is 5.81. The van der Waals surface area contributed by atoms with Crippen molar-refractivity contribution in [2.24, 2.45) is 0 Å². The maximum atomic E-state index is 11.5. The van der Waals surface area contributed by atoms with Gasteiger partial charge in [0.2, 0.25) is 0 Å². The minimum Gasteiger partial charge on any atom is -0.447 e. The summed E-state index contributed by atoms with van der Waals surface area (Å²) in [5.41, 5.74) is 2.11. The number of carbonyl (C=O) groups is 1. The number of carbonyl (C=O) groups excluding carboxylic acids is 1. The number of benzene rings is 1. The second-order valence-corrected chi connectivity index (χ2v) is 5.28. The topological polar surface area (TPSA) is 50.8 Å². The highest BCUT2D eigenvalue weighted by Gasteiger charge is 2.24. The summed E-state index contributed by atoms with van der Waals surface area (Å²) >= 11 is 0. The Hall–Kier alpha value is -1.59. The van der Waals surface area contributed by atoms with E-state index < -0.39 is 0 Å². The zero-order valence-electron chi connectivity index (χ0n) is 11.7. The number of ether oxygens (including phenoxy) is 2. The molecule has 2 saturated heterocycles. The van der Waals surface area contributed by atoms with E-state index in [-0.39, 0.29) is 12.2 Å². The average molecular weight is 276 g/mol. The molecule has 1 aromatic rings. The van der Waals surface area contributed by atoms with Gasteiger partial charge in [-0.2, -0.15) is 0 Å². The van der Waals surface area contributed by atoms with Crippen LogP contribution in [0.4, 0.5) is 10.5 Å². The van der Waals surface area contributed by atoms with Gasteiger partial charge in [-0.3, -0.25) is 4.90 Å². The summed E-state index contributed by atoms with van der Waals surface area (Å²) in [6.07, 6.45) is 1.10. The predicted octanol–water partition coefficient (Wildman–Crippen LogP) is 1.91. The van der Waals surface area contributed by atoms with Crippen LogP contribution in [-0.4, -0.2) is 38.0 Å². The first-order chi connectivity index (χ1) is 9.74. The maximum absolute atomic E-state index is 11.5. The van der Waals surface area contributed by atoms with E-state index in [0.717, 1.165) is 25.3 Å². The van der Waals surface area contributed by atoms with Gasteiger partial charge in [-0.1, -0.05) is 12.1 Å². The number of amides is 1. The van der Waals surface area contributed by atoms with Crippen LogP contribution in [-0.2, 0) is 16.0 Å². The lowest BCUT2D eigenvalue weighted by molar-refractivity contribution is 0.113. The van der Waals surface area contributed by atoms with Crippen LogP contribution in [0, 0.1) is 0 Å². The summed E-state index contributed by atoms with van der Waals surface area (Å²) in [4.78, 5) is 13.1. The maximum Gasteiger partial charge on any atom is 0.414 e. The number of rotatable bonds is 4. The molecule has 3 rings (SSSR count). The van der Waals surface area contributed by atoms with Crippen LogP contribution in [0.3, 0.4) is 0 Å². The minimum absolute atomic E-state index is 0.257. The van der Waals surface area contributed by atoms with Gasteiger partial charge in [0, 0.05) is 24.9 Å². The van der Waals surface area contributed by atoms with Crippen molar-refractivity contribution in [2.75, 3.05) is 24.7 Å². The van der Waals surface area contributed by atoms with Gasteiger partial charge in [0.1, 0.15) is 6.61 Å². The zero-order valence-corrected chi connectivity index (χ0v) is 11.7. The summed E-state index contributed by atoms with van der Waals surface area (Å²) in [6, 6.07) is 8.47. The Morgan fingerprint density at radius 3 is 2.70 bits per heavy atom. The molecule has 2 fully saturated rings. The molecule has 2 heterocycles. The normalized spacial score (nSPS) is 26.1. The zero-order chi connectivity index (χ0) is 13.9. The molecule has 20 heavy (non-hydrogen) atoms. The second-order valence-electron chi connectivity index (χ2n) is 5.28. The Morgan fingerprint density at radius 2 is 2.10 bits per heavy atom. The van der Waals surface area contributed by atoms with Crippen molar-refractivity contribution >= 4 is 11.8 Å². The molecule has 2 atom stereocenters. The van der Waals surface area contributed by atoms with Gasteiger partial charge in [-0.15, -0.1) is 0 Å². The van der Waals surface area contributed by atoms with Crippen LogP contribution in [0.1, 0.15) is 18.9 Å². The number of anilines is 1. The molecule has 0 radical (unpaired) electrons. The quantitative estimate of drug-likeness (QED) is 0.912. The molecule has 1 amide bonds. The summed E-state index contributed by atoms with van der Waals surface area (Å²) in [5, 5.41) is 3.52. The molecule has 0 aromatic heterocycles. The summed E-state index contributed by atoms with van der Waals surface area (Å²) in [5.74, 6) is 0. The van der Waals surface area contributed by atoms with Crippen LogP contribution >= 0.6 is 0 Å². The third kappa shape index (κ3) is 2.78. The van der Waals surface area contributed by atoms with E-state index in [1.807, 2.05) is 12.1 Å². The average Bonchev–Trinajstić information content (AvgIpc) is 3.06. The van der Waals surface area contributed by atoms with Crippen LogP contribution in [0.25, 0.3) is 0 Å². The van der Waals surface area contributed by atoms with E-state index in [2.05, 4.69) is 24.4 Å². The lowest BCUT2D eigenvalue weighted by Gasteiger charge is -2.17. The van der Waals surface area contributed by atoms with Gasteiger partial charge >= 0.3 is 6.09 Å². The largest absolute Gasteiger partial charge is 0.447 e. The lowest BCUT2D eigenvalue weighted by atomic mass is 10.1. The fourth-order valence-corrected chi connectivity index (χ4v) is 2.67. The van der Waals surface area contributed by atoms with Crippen molar-refractivity contribution in [1.82, 2.24) is 5.32 Å². The fourth-order valence-electron chi connectivity index (χ4n) is 2.67. The molecule has 2 aliphatic heterocycles. The van der Waals surface area contributed by atoms with Crippen molar-refractivity contribution < 1.29 is 14.3 Å². The SMILES string of the molecule is C[C@H]1OCC[C@@H]1NCc1ccc(N2CCOC2=O)cc1. The van der Waals surface area contributed by atoms with Crippen molar-refractivity contribution in [3.05, 3.63) is 29.8 Å². The molecule has 2 aliphatic rings. The molecule has 0 bridgehead atoms. The Kier molecular flexibility index (Phi) is 3.89. The minimum atomic E-state index is -0.257. The number of hydrogen-bond acceptors (Lipinski definition) is 4. The summed E-state index contributed by atoms with van der Waals surface area (Å²) in [6.45, 7) is 4.87. The van der Waals surface area contributed by atoms with E-state index in [9.17, 15) is 4.79 Å². The van der Waals surface area contributed by atoms with Crippen molar-refractivity contribution in [2.45, 2.75) is 32.0 Å². The van der Waals surface area contributed by atoms with Crippen LogP contribution in [0.2, 0.25) is 0 Å². The standard InChI is InChI=1S/C15H20N2O3/c1-11-14(6-8-19-11)16-10-12-2-4-13(5-3-12)17-7-9-20-15(17)18/h2-5,11,14,16H,6-10H2,1H3/t11-,14+/m1/s1. The van der Waals surface area contributed by atoms with Gasteiger partial charge in [0.05, 0.1) is 12.6 Å². The van der Waals surface area contributed by atoms with Gasteiger partial charge < -0.3 is 14.8 Å². The van der Waals surface area contributed by atoms with Crippen LogP contribution < -0.4 is 10.2 Å². The number of hydrogen-bond donors (Lipinski definition) is 1. The van der Waals surface area contributed by atoms with Crippen LogP contribution in [0.15, 0.2) is 24.3 Å². The predicted molar refractivity (Wildman–Crippen MR) is 75.8 cm³/mol. The van der Waals surface area contributed by atoms with E-state index >= 15 is 0 Å². The third-order valence-corrected chi connectivity index (χ3v) is 3.95. The van der Waals surface area contributed by atoms with Crippen molar-refractivity contribution in [1.29, 1.82) is 0 Å². The summed E-state index contributed by atoms with van der Waals surface area (Å²) in [7, 11) is 0. The first kappa shape index (κ1) is 13.4. The first-order valence-corrected chi connectivity index (χ1v) is 7.12. The molecule has 1 N–H and O–H groups in total. The highest BCUT2D eigenvalue weighted by atomic mass is 16.6. The van der Waals surface area contributed by atoms with E-state index in [0.29, 0.717) is 19.2 Å². The number of nitrogens with zero attached hydrogens (tertiary/aromatic N) is 1. The molecule has 5 nitrogen and oxygen atoms in total. The Morgan fingerprint density at radius 1 is 1.30 bits per heavy atom. The highest BCUT2D eigenvalue weighted by molar-refractivity contribution is 5.89. The molecule has 1 aromatic carbocycles. The fraction of sp³-hybridized carbons (Fsp3) is 0.533. The number of cyclic esters (lactones) is 1. The molecule has 0 unspecified atom stereocenters. The smallest absolute Gasteiger partial charge is 0.414 e. The van der Waals surface area contributed by atoms with Crippen molar-refractivity contribution in [3.8, 4) is 0 Å². The van der Waals surface area contributed by atoms with Gasteiger partial charge in [-0.05, 0) is 31.0 Å². The molecular formula is C15H20N2O3. The Bertz CT molecular complexity index is 475. The van der Waals surface area contributed by atoms with E-state index in [1.165, 1.54) is 5.56 Å². The number of nitrogens with one attached hydrogen (secondary N) is 1. The summed E-state index contributed by atoms with van der Waals surface area (Å²) < 4.78 is 10.5. The van der Waals surface area contributed by atoms with E-state index in [1.54, 1.807) is 4.90 Å². The molecule has 0 spiro atoms. The Balaban J connectivity index is 1.57. The van der Waals surface area contributed by atoms with Gasteiger partial charge in [0.25, 0.3) is 0 Å². The van der Waals surface area contributed by atoms with Crippen LogP contribution in [0.5, 0.6) is 0 Å². The molecule has 108 valence electrons. The molecular weight excluding hydrogens is 256 g/mol. The lowest BCUT2D eigenvalue weighted by Crippen LogP contribution is -2.34. The third-order valence-electron chi connectivity index (χ3n) is 3.95.